The zero-order valence-corrected chi connectivity index (χ0v) is 4.26. The molecule has 0 spiro atoms. The van der Waals surface area contributed by atoms with Crippen molar-refractivity contribution < 1.29 is 7.85 Å². The summed E-state index contributed by atoms with van der Waals surface area (Å²) >= 11 is 0. The second-order valence-corrected chi connectivity index (χ2v) is 1.41. The number of nitrogens with zero attached hydrogens (tertiary/aromatic N) is 1. The van der Waals surface area contributed by atoms with Gasteiger partial charge >= 0.3 is 0 Å². The van der Waals surface area contributed by atoms with Gasteiger partial charge in [0.05, 0.1) is 9.07 Å². The van der Waals surface area contributed by atoms with Gasteiger partial charge < -0.3 is 10.1 Å². The fourth-order valence-electron chi connectivity index (χ4n) is 0.467. The minimum Gasteiger partial charge on any atom is -0.396 e. The van der Waals surface area contributed by atoms with Crippen LogP contribution >= 0.6 is 0 Å². The van der Waals surface area contributed by atoms with Crippen molar-refractivity contribution in [3.8, 4) is 0 Å². The molecular weight excluding hydrogens is 104 g/mol. The van der Waals surface area contributed by atoms with E-state index < -0.39 is 6.56 Å². The molecule has 1 aromatic rings. The maximum Gasteiger partial charge on any atom is 0.0921 e. The Morgan fingerprint density at radius 3 is 3.38 bits per heavy atom. The van der Waals surface area contributed by atoms with Gasteiger partial charge in [-0.2, -0.15) is 0 Å². The van der Waals surface area contributed by atoms with Crippen LogP contribution < -0.4 is 0 Å². The van der Waals surface area contributed by atoms with Crippen LogP contribution in [0.5, 0.6) is 0 Å². The van der Waals surface area contributed by atoms with E-state index in [9.17, 15) is 0 Å². The van der Waals surface area contributed by atoms with E-state index in [0.29, 0.717) is 5.69 Å². The Hall–Kier alpha value is -0.830. The van der Waals surface area contributed by atoms with Gasteiger partial charge in [-0.15, -0.1) is 0 Å². The largest absolute Gasteiger partial charge is 0.396 e. The molecule has 0 aliphatic rings. The highest BCUT2D eigenvalue weighted by molar-refractivity contribution is 4.93. The molecule has 0 aliphatic carbocycles. The van der Waals surface area contributed by atoms with E-state index >= 15 is 0 Å². The normalized spacial score (nSPS) is 15.1. The third kappa shape index (κ3) is 1.07. The molecule has 1 heterocycles. The first-order valence-corrected chi connectivity index (χ1v) is 2.27. The Morgan fingerprint density at radius 2 is 2.88 bits per heavy atom. The molecule has 8 heavy (non-hydrogen) atoms. The van der Waals surface area contributed by atoms with Crippen molar-refractivity contribution in [1.82, 2.24) is 9.97 Å². The van der Waals surface area contributed by atoms with Crippen molar-refractivity contribution in [3.63, 3.8) is 0 Å². The van der Waals surface area contributed by atoms with Crippen LogP contribution in [0.1, 0.15) is 8.44 Å². The number of nitrogens with one attached hydrogen (secondary N) is 1. The molecule has 0 amide bonds. The van der Waals surface area contributed by atoms with E-state index in [1.165, 1.54) is 12.5 Å². The summed E-state index contributed by atoms with van der Waals surface area (Å²) in [4.78, 5) is 6.36. The van der Waals surface area contributed by atoms with Crippen molar-refractivity contribution in [2.24, 2.45) is 0 Å². The van der Waals surface area contributed by atoms with Crippen LogP contribution in [0.3, 0.4) is 0 Å². The molecule has 0 radical (unpaired) electrons. The van der Waals surface area contributed by atoms with Gasteiger partial charge in [0.2, 0.25) is 0 Å². The number of aromatic nitrogens is 2. The predicted octanol–water partition coefficient (Wildman–Crippen LogP) is -0.0555. The van der Waals surface area contributed by atoms with Crippen molar-refractivity contribution in [2.45, 2.75) is 6.42 Å². The monoisotopic (exact) mass is 114 g/mol. The molecule has 44 valence electrons. The molecule has 1 aromatic heterocycles. The van der Waals surface area contributed by atoms with Gasteiger partial charge in [0, 0.05) is 24.9 Å². The molecule has 0 aromatic carbocycles. The highest BCUT2D eigenvalue weighted by Crippen LogP contribution is 1.89. The SMILES string of the molecule is [2H]C([2H])(O)Cc1cnc[nH]1. The van der Waals surface area contributed by atoms with Gasteiger partial charge in [-0.1, -0.05) is 0 Å². The average molecular weight is 114 g/mol. The van der Waals surface area contributed by atoms with Crippen LogP contribution in [-0.2, 0) is 6.42 Å². The Balaban J connectivity index is 2.57. The molecular formula is C5H8N2O. The number of rotatable bonds is 2. The van der Waals surface area contributed by atoms with Crippen LogP contribution in [0.25, 0.3) is 0 Å². The topological polar surface area (TPSA) is 48.9 Å². The lowest BCUT2D eigenvalue weighted by Gasteiger charge is -1.85. The lowest BCUT2D eigenvalue weighted by Crippen LogP contribution is -1.88. The minimum atomic E-state index is -2.15. The number of hydrogen-bond donors (Lipinski definition) is 2. The highest BCUT2D eigenvalue weighted by atomic mass is 16.3. The molecule has 0 fully saturated rings. The summed E-state index contributed by atoms with van der Waals surface area (Å²) in [6, 6.07) is 0. The Kier molecular flexibility index (Phi) is 1.00. The Labute approximate surface area is 50.2 Å². The van der Waals surface area contributed by atoms with E-state index in [0.717, 1.165) is 0 Å². The second-order valence-electron chi connectivity index (χ2n) is 1.41. The van der Waals surface area contributed by atoms with Gasteiger partial charge in [-0.3, -0.25) is 0 Å². The molecule has 0 saturated heterocycles. The van der Waals surface area contributed by atoms with Crippen molar-refractivity contribution >= 4 is 0 Å². The van der Waals surface area contributed by atoms with Crippen molar-refractivity contribution in [3.05, 3.63) is 18.2 Å². The standard InChI is InChI=1S/C5H8N2O/c8-2-1-5-3-6-4-7-5/h3-4,8H,1-2H2,(H,6,7)/i2D2. The minimum absolute atomic E-state index is 0.0486. The zero-order valence-electron chi connectivity index (χ0n) is 6.26. The van der Waals surface area contributed by atoms with Gasteiger partial charge in [0.25, 0.3) is 0 Å². The smallest absolute Gasteiger partial charge is 0.0921 e. The van der Waals surface area contributed by atoms with Crippen LogP contribution in [0.2, 0.25) is 0 Å². The lowest BCUT2D eigenvalue weighted by atomic mass is 10.4. The Bertz CT molecular complexity index is 192. The maximum absolute atomic E-state index is 8.68. The molecule has 0 saturated carbocycles. The molecule has 0 bridgehead atoms. The highest BCUT2D eigenvalue weighted by Gasteiger charge is 1.87. The first-order chi connectivity index (χ1) is 4.58. The fraction of sp³-hybridized carbons (Fsp3) is 0.400. The second kappa shape index (κ2) is 2.47. The van der Waals surface area contributed by atoms with Crippen LogP contribution in [-0.4, -0.2) is 21.6 Å². The molecule has 3 heteroatoms. The number of H-pyrrole nitrogens is 1. The van der Waals surface area contributed by atoms with Crippen LogP contribution in [0.15, 0.2) is 12.5 Å². The third-order valence-electron chi connectivity index (χ3n) is 0.824. The first-order valence-electron chi connectivity index (χ1n) is 3.27. The first kappa shape index (κ1) is 3.25. The van der Waals surface area contributed by atoms with E-state index in [1.807, 2.05) is 0 Å². The summed E-state index contributed by atoms with van der Waals surface area (Å²) in [5, 5.41) is 8.68. The van der Waals surface area contributed by atoms with Crippen LogP contribution in [0, 0.1) is 0 Å². The maximum atomic E-state index is 8.68. The summed E-state index contributed by atoms with van der Waals surface area (Å²) in [5.74, 6) is 0. The number of aliphatic hydroxyl groups is 1. The van der Waals surface area contributed by atoms with Crippen molar-refractivity contribution in [2.75, 3.05) is 6.56 Å². The number of aryl methyl sites for hydroxylation is 1. The Morgan fingerprint density at radius 1 is 2.00 bits per heavy atom. The van der Waals surface area contributed by atoms with E-state index in [-0.39, 0.29) is 6.42 Å². The van der Waals surface area contributed by atoms with E-state index in [4.69, 9.17) is 7.85 Å². The quantitative estimate of drug-likeness (QED) is 0.566. The molecule has 0 atom stereocenters. The molecule has 0 unspecified atom stereocenters. The van der Waals surface area contributed by atoms with E-state index in [2.05, 4.69) is 9.97 Å². The zero-order chi connectivity index (χ0) is 7.61. The van der Waals surface area contributed by atoms with E-state index in [1.54, 1.807) is 0 Å². The van der Waals surface area contributed by atoms with Crippen molar-refractivity contribution in [1.29, 1.82) is 0 Å². The summed E-state index contributed by atoms with van der Waals surface area (Å²) in [7, 11) is 0. The number of aromatic amines is 1. The van der Waals surface area contributed by atoms with Crippen LogP contribution in [0.4, 0.5) is 0 Å². The lowest BCUT2D eigenvalue weighted by molar-refractivity contribution is 0.298. The summed E-state index contributed by atoms with van der Waals surface area (Å²) in [6.07, 6.45) is 2.88. The molecule has 3 nitrogen and oxygen atoms in total. The number of hydrogen-bond acceptors (Lipinski definition) is 2. The number of imidazole rings is 1. The van der Waals surface area contributed by atoms with Gasteiger partial charge in [0.1, 0.15) is 0 Å². The van der Waals surface area contributed by atoms with Gasteiger partial charge in [0.15, 0.2) is 0 Å². The molecule has 1 rings (SSSR count). The summed E-state index contributed by atoms with van der Waals surface area (Å²) in [6.45, 7) is -2.15. The molecule has 2 N–H and O–H groups in total. The fourth-order valence-corrected chi connectivity index (χ4v) is 0.467. The van der Waals surface area contributed by atoms with Gasteiger partial charge in [-0.05, 0) is 0 Å². The molecule has 0 aliphatic heterocycles. The summed E-state index contributed by atoms with van der Waals surface area (Å²) in [5.41, 5.74) is 0.590. The predicted molar refractivity (Wildman–Crippen MR) is 29.4 cm³/mol. The third-order valence-corrected chi connectivity index (χ3v) is 0.824. The average Bonchev–Trinajstić information content (AvgIpc) is 2.12. The summed E-state index contributed by atoms with van der Waals surface area (Å²) < 4.78 is 13.6. The van der Waals surface area contributed by atoms with Gasteiger partial charge in [-0.25, -0.2) is 4.98 Å².